The molecule has 2 bridgehead atoms. The number of nitrogens with zero attached hydrogens (tertiary/aromatic N) is 1. The third kappa shape index (κ3) is 2.23. The van der Waals surface area contributed by atoms with Crippen molar-refractivity contribution in [3.63, 3.8) is 0 Å². The highest BCUT2D eigenvalue weighted by molar-refractivity contribution is 5.69. The Morgan fingerprint density at radius 2 is 2.00 bits per heavy atom. The van der Waals surface area contributed by atoms with Crippen molar-refractivity contribution in [2.45, 2.75) is 63.3 Å². The number of piperidine rings is 1. The summed E-state index contributed by atoms with van der Waals surface area (Å²) in [6, 6.07) is 1.17. The monoisotopic (exact) mass is 227 g/mol. The first kappa shape index (κ1) is 11.9. The number of hydrogen-bond acceptors (Lipinski definition) is 4. The van der Waals surface area contributed by atoms with Gasteiger partial charge in [0.2, 0.25) is 0 Å². The summed E-state index contributed by atoms with van der Waals surface area (Å²) in [5, 5.41) is 9.70. The molecular formula is C12H21NO3. The van der Waals surface area contributed by atoms with E-state index in [0.717, 1.165) is 25.7 Å². The van der Waals surface area contributed by atoms with Gasteiger partial charge in [-0.3, -0.25) is 9.69 Å². The molecule has 2 fully saturated rings. The van der Waals surface area contributed by atoms with Crippen molar-refractivity contribution < 1.29 is 14.6 Å². The van der Waals surface area contributed by atoms with Crippen LogP contribution in [-0.2, 0) is 9.53 Å². The van der Waals surface area contributed by atoms with E-state index in [1.165, 1.54) is 7.11 Å². The Labute approximate surface area is 96.6 Å². The molecule has 1 unspecified atom stereocenters. The number of aliphatic hydroxyl groups excluding tert-OH is 1. The van der Waals surface area contributed by atoms with Gasteiger partial charge in [0.25, 0.3) is 0 Å². The summed E-state index contributed by atoms with van der Waals surface area (Å²) in [6.45, 7) is 2.08. The van der Waals surface area contributed by atoms with Crippen LogP contribution in [-0.4, -0.2) is 47.3 Å². The van der Waals surface area contributed by atoms with Crippen molar-refractivity contribution in [2.75, 3.05) is 7.11 Å². The van der Waals surface area contributed by atoms with E-state index >= 15 is 0 Å². The lowest BCUT2D eigenvalue weighted by Crippen LogP contribution is -2.49. The number of carbonyl (C=O) groups is 1. The molecule has 0 aromatic rings. The fourth-order valence-corrected chi connectivity index (χ4v) is 3.33. The molecule has 0 aliphatic carbocycles. The van der Waals surface area contributed by atoms with Crippen molar-refractivity contribution in [3.05, 3.63) is 0 Å². The van der Waals surface area contributed by atoms with Crippen LogP contribution in [0.4, 0.5) is 0 Å². The van der Waals surface area contributed by atoms with Gasteiger partial charge < -0.3 is 9.84 Å². The van der Waals surface area contributed by atoms with Crippen LogP contribution < -0.4 is 0 Å². The second kappa shape index (κ2) is 4.72. The predicted molar refractivity (Wildman–Crippen MR) is 60.0 cm³/mol. The highest BCUT2D eigenvalue weighted by Gasteiger charge is 2.42. The van der Waals surface area contributed by atoms with Gasteiger partial charge in [0.05, 0.1) is 19.6 Å². The molecule has 0 spiro atoms. The number of aliphatic hydroxyl groups is 1. The summed E-state index contributed by atoms with van der Waals surface area (Å²) in [5.41, 5.74) is 0. The molecule has 4 atom stereocenters. The Kier molecular flexibility index (Phi) is 3.50. The van der Waals surface area contributed by atoms with Crippen molar-refractivity contribution in [1.29, 1.82) is 0 Å². The summed E-state index contributed by atoms with van der Waals surface area (Å²) in [7, 11) is 1.43. The van der Waals surface area contributed by atoms with Gasteiger partial charge in [-0.1, -0.05) is 0 Å². The number of rotatable bonds is 3. The van der Waals surface area contributed by atoms with E-state index < -0.39 is 0 Å². The minimum Gasteiger partial charge on any atom is -0.469 e. The summed E-state index contributed by atoms with van der Waals surface area (Å²) in [4.78, 5) is 13.7. The van der Waals surface area contributed by atoms with Gasteiger partial charge in [-0.2, -0.15) is 0 Å². The summed E-state index contributed by atoms with van der Waals surface area (Å²) >= 11 is 0. The predicted octanol–water partition coefficient (Wildman–Crippen LogP) is 0.926. The van der Waals surface area contributed by atoms with Gasteiger partial charge in [-0.05, 0) is 32.6 Å². The SMILES string of the molecule is COC(=O)C[C@H](C)N1[C@@H]2CC[C@H]1CC(O)C2. The number of fused-ring (bicyclic) bond motifs is 2. The second-order valence-electron chi connectivity index (χ2n) is 5.09. The van der Waals surface area contributed by atoms with Crippen molar-refractivity contribution in [2.24, 2.45) is 0 Å². The van der Waals surface area contributed by atoms with Crippen LogP contribution >= 0.6 is 0 Å². The van der Waals surface area contributed by atoms with Gasteiger partial charge in [0, 0.05) is 18.1 Å². The Bertz CT molecular complexity index is 255. The normalized spacial score (nSPS) is 36.1. The maximum Gasteiger partial charge on any atom is 0.307 e. The molecule has 0 aromatic carbocycles. The van der Waals surface area contributed by atoms with Crippen LogP contribution in [0.3, 0.4) is 0 Å². The van der Waals surface area contributed by atoms with Crippen LogP contribution in [0.5, 0.6) is 0 Å². The zero-order valence-electron chi connectivity index (χ0n) is 10.1. The average Bonchev–Trinajstić information content (AvgIpc) is 2.51. The Morgan fingerprint density at radius 3 is 2.50 bits per heavy atom. The Balaban J connectivity index is 1.97. The first-order chi connectivity index (χ1) is 7.61. The molecule has 16 heavy (non-hydrogen) atoms. The summed E-state index contributed by atoms with van der Waals surface area (Å²) in [6.07, 6.45) is 4.36. The van der Waals surface area contributed by atoms with Crippen LogP contribution in [0, 0.1) is 0 Å². The van der Waals surface area contributed by atoms with E-state index in [1.807, 2.05) is 0 Å². The lowest BCUT2D eigenvalue weighted by atomic mass is 9.97. The zero-order chi connectivity index (χ0) is 11.7. The molecule has 2 heterocycles. The van der Waals surface area contributed by atoms with E-state index in [4.69, 9.17) is 4.74 Å². The third-order valence-electron chi connectivity index (χ3n) is 3.96. The second-order valence-corrected chi connectivity index (χ2v) is 5.09. The molecular weight excluding hydrogens is 206 g/mol. The molecule has 0 amide bonds. The van der Waals surface area contributed by atoms with E-state index in [9.17, 15) is 9.90 Å². The van der Waals surface area contributed by atoms with Crippen LogP contribution in [0.25, 0.3) is 0 Å². The van der Waals surface area contributed by atoms with Gasteiger partial charge in [0.15, 0.2) is 0 Å². The number of ether oxygens (including phenoxy) is 1. The van der Waals surface area contributed by atoms with Crippen LogP contribution in [0.15, 0.2) is 0 Å². The quantitative estimate of drug-likeness (QED) is 0.729. The van der Waals surface area contributed by atoms with E-state index in [1.54, 1.807) is 0 Å². The lowest BCUT2D eigenvalue weighted by molar-refractivity contribution is -0.142. The van der Waals surface area contributed by atoms with E-state index in [-0.39, 0.29) is 18.1 Å². The lowest BCUT2D eigenvalue weighted by Gasteiger charge is -2.40. The first-order valence-electron chi connectivity index (χ1n) is 6.14. The smallest absolute Gasteiger partial charge is 0.307 e. The number of carbonyl (C=O) groups excluding carboxylic acids is 1. The molecule has 2 aliphatic heterocycles. The molecule has 92 valence electrons. The highest BCUT2D eigenvalue weighted by Crippen LogP contribution is 2.37. The number of methoxy groups -OCH3 is 1. The Morgan fingerprint density at radius 1 is 1.44 bits per heavy atom. The fraction of sp³-hybridized carbons (Fsp3) is 0.917. The summed E-state index contributed by atoms with van der Waals surface area (Å²) in [5.74, 6) is -0.141. The number of hydrogen-bond donors (Lipinski definition) is 1. The van der Waals surface area contributed by atoms with Gasteiger partial charge in [-0.15, -0.1) is 0 Å². The standard InChI is InChI=1S/C12H21NO3/c1-8(5-12(15)16-2)13-9-3-4-10(13)7-11(14)6-9/h8-11,14H,3-7H2,1-2H3/t8-,9-,10+,11?/m0/s1. The van der Waals surface area contributed by atoms with E-state index in [0.29, 0.717) is 18.5 Å². The summed E-state index contributed by atoms with van der Waals surface area (Å²) < 4.78 is 4.71. The third-order valence-corrected chi connectivity index (χ3v) is 3.96. The maximum atomic E-state index is 11.3. The van der Waals surface area contributed by atoms with Crippen LogP contribution in [0.1, 0.15) is 39.0 Å². The maximum absolute atomic E-state index is 11.3. The molecule has 0 radical (unpaired) electrons. The Hall–Kier alpha value is -0.610. The van der Waals surface area contributed by atoms with Crippen LogP contribution in [0.2, 0.25) is 0 Å². The molecule has 4 nitrogen and oxygen atoms in total. The topological polar surface area (TPSA) is 49.8 Å². The van der Waals surface area contributed by atoms with Crippen molar-refractivity contribution in [3.8, 4) is 0 Å². The van der Waals surface area contributed by atoms with Crippen molar-refractivity contribution >= 4 is 5.97 Å². The van der Waals surface area contributed by atoms with Gasteiger partial charge in [0.1, 0.15) is 0 Å². The molecule has 2 saturated heterocycles. The minimum absolute atomic E-state index is 0.140. The molecule has 2 rings (SSSR count). The molecule has 1 N–H and O–H groups in total. The fourth-order valence-electron chi connectivity index (χ4n) is 3.33. The number of esters is 1. The van der Waals surface area contributed by atoms with E-state index in [2.05, 4.69) is 11.8 Å². The highest BCUT2D eigenvalue weighted by atomic mass is 16.5. The molecule has 0 saturated carbocycles. The molecule has 4 heteroatoms. The van der Waals surface area contributed by atoms with Gasteiger partial charge in [-0.25, -0.2) is 0 Å². The largest absolute Gasteiger partial charge is 0.469 e. The minimum atomic E-state index is -0.141. The molecule has 2 aliphatic rings. The first-order valence-corrected chi connectivity index (χ1v) is 6.14. The van der Waals surface area contributed by atoms with Gasteiger partial charge >= 0.3 is 5.97 Å². The zero-order valence-corrected chi connectivity index (χ0v) is 10.1. The average molecular weight is 227 g/mol. The van der Waals surface area contributed by atoms with Crippen molar-refractivity contribution in [1.82, 2.24) is 4.90 Å². The molecule has 0 aromatic heterocycles.